The molecule has 10 heteroatoms. The molecule has 0 bridgehead atoms. The molecule has 0 unspecified atom stereocenters. The van der Waals surface area contributed by atoms with E-state index in [1.807, 2.05) is 53.5 Å². The lowest BCUT2D eigenvalue weighted by molar-refractivity contribution is -0.118. The van der Waals surface area contributed by atoms with Crippen LogP contribution in [0.1, 0.15) is 20.3 Å². The molecular weight excluding hydrogens is 446 g/mol. The first kappa shape index (κ1) is 23.3. The van der Waals surface area contributed by atoms with Gasteiger partial charge in [-0.15, -0.1) is 0 Å². The highest BCUT2D eigenvalue weighted by atomic mass is 16.7. The van der Waals surface area contributed by atoms with Crippen molar-refractivity contribution in [3.63, 3.8) is 0 Å². The summed E-state index contributed by atoms with van der Waals surface area (Å²) in [5.74, 6) is 1.48. The van der Waals surface area contributed by atoms with Crippen molar-refractivity contribution in [1.82, 2.24) is 29.0 Å². The highest BCUT2D eigenvalue weighted by Crippen LogP contribution is 2.28. The first-order chi connectivity index (χ1) is 17.2. The molecule has 1 aliphatic heterocycles. The van der Waals surface area contributed by atoms with Crippen LogP contribution in [0.25, 0.3) is 16.9 Å². The van der Waals surface area contributed by atoms with Crippen LogP contribution in [-0.4, -0.2) is 76.3 Å². The lowest BCUT2D eigenvalue weighted by Gasteiger charge is -2.33. The Morgan fingerprint density at radius 3 is 2.71 bits per heavy atom. The molecule has 0 atom stereocenters. The third-order valence-corrected chi connectivity index (χ3v) is 6.52. The maximum absolute atomic E-state index is 5.38. The second-order valence-corrected chi connectivity index (χ2v) is 8.61. The van der Waals surface area contributed by atoms with Gasteiger partial charge in [-0.25, -0.2) is 9.97 Å². The predicted octanol–water partition coefficient (Wildman–Crippen LogP) is 3.85. The molecule has 1 fully saturated rings. The lowest BCUT2D eigenvalue weighted by Crippen LogP contribution is -2.40. The van der Waals surface area contributed by atoms with Crippen LogP contribution in [0.4, 0.5) is 11.5 Å². The SMILES string of the molecule is COc1cccc(-c2cnc(Nc3cnn(C4CCN(CC(OC)OC)CC4)c3)c3nccn23)c1.[HH]. The van der Waals surface area contributed by atoms with Crippen molar-refractivity contribution in [3.05, 3.63) is 55.2 Å². The minimum absolute atomic E-state index is 0. The predicted molar refractivity (Wildman–Crippen MR) is 135 cm³/mol. The Morgan fingerprint density at radius 1 is 1.11 bits per heavy atom. The highest BCUT2D eigenvalue weighted by molar-refractivity contribution is 5.74. The maximum atomic E-state index is 5.38. The van der Waals surface area contributed by atoms with Gasteiger partial charge in [-0.3, -0.25) is 14.0 Å². The normalized spacial score (nSPS) is 15.2. The smallest absolute Gasteiger partial charge is 0.180 e. The fraction of sp³-hybridized carbons (Fsp3) is 0.400. The van der Waals surface area contributed by atoms with E-state index in [9.17, 15) is 0 Å². The summed E-state index contributed by atoms with van der Waals surface area (Å²) >= 11 is 0. The number of benzene rings is 1. The molecule has 1 aliphatic rings. The van der Waals surface area contributed by atoms with E-state index in [2.05, 4.69) is 30.0 Å². The first-order valence-corrected chi connectivity index (χ1v) is 11.7. The number of imidazole rings is 1. The second-order valence-electron chi connectivity index (χ2n) is 8.61. The Labute approximate surface area is 205 Å². The summed E-state index contributed by atoms with van der Waals surface area (Å²) in [6.45, 7) is 2.75. The van der Waals surface area contributed by atoms with E-state index in [0.29, 0.717) is 11.9 Å². The van der Waals surface area contributed by atoms with E-state index in [0.717, 1.165) is 60.8 Å². The molecule has 0 saturated carbocycles. The zero-order valence-corrected chi connectivity index (χ0v) is 20.3. The van der Waals surface area contributed by atoms with Crippen LogP contribution in [0.5, 0.6) is 5.75 Å². The van der Waals surface area contributed by atoms with Crippen molar-refractivity contribution in [1.29, 1.82) is 0 Å². The molecule has 4 aromatic rings. The topological polar surface area (TPSA) is 91.0 Å². The van der Waals surface area contributed by atoms with E-state index in [1.165, 1.54) is 0 Å². The molecule has 186 valence electrons. The Morgan fingerprint density at radius 2 is 1.94 bits per heavy atom. The molecule has 35 heavy (non-hydrogen) atoms. The van der Waals surface area contributed by atoms with Crippen molar-refractivity contribution in [2.75, 3.05) is 46.3 Å². The number of methoxy groups -OCH3 is 3. The number of aromatic nitrogens is 5. The highest BCUT2D eigenvalue weighted by Gasteiger charge is 2.23. The summed E-state index contributed by atoms with van der Waals surface area (Å²) in [5.41, 5.74) is 3.58. The number of likely N-dealkylation sites (tertiary alicyclic amines) is 1. The maximum Gasteiger partial charge on any atom is 0.180 e. The summed E-state index contributed by atoms with van der Waals surface area (Å²) < 4.78 is 20.1. The van der Waals surface area contributed by atoms with Gasteiger partial charge < -0.3 is 19.5 Å². The first-order valence-electron chi connectivity index (χ1n) is 11.7. The van der Waals surface area contributed by atoms with Crippen LogP contribution in [0.15, 0.2) is 55.2 Å². The number of nitrogens with zero attached hydrogens (tertiary/aromatic N) is 6. The fourth-order valence-corrected chi connectivity index (χ4v) is 4.56. The zero-order chi connectivity index (χ0) is 24.2. The van der Waals surface area contributed by atoms with Crippen molar-refractivity contribution in [2.45, 2.75) is 25.2 Å². The number of fused-ring (bicyclic) bond motifs is 1. The second kappa shape index (κ2) is 10.4. The summed E-state index contributed by atoms with van der Waals surface area (Å²) in [7, 11) is 5.02. The summed E-state index contributed by atoms with van der Waals surface area (Å²) in [6, 6.07) is 8.28. The van der Waals surface area contributed by atoms with Gasteiger partial charge in [0.05, 0.1) is 36.9 Å². The van der Waals surface area contributed by atoms with Gasteiger partial charge in [-0.2, -0.15) is 5.10 Å². The van der Waals surface area contributed by atoms with E-state index in [-0.39, 0.29) is 7.72 Å². The van der Waals surface area contributed by atoms with Gasteiger partial charge in [0.2, 0.25) is 0 Å². The Kier molecular flexibility index (Phi) is 6.94. The van der Waals surface area contributed by atoms with Gasteiger partial charge in [0.15, 0.2) is 17.8 Å². The third-order valence-electron chi connectivity index (χ3n) is 6.52. The largest absolute Gasteiger partial charge is 0.497 e. The summed E-state index contributed by atoms with van der Waals surface area (Å²) in [5, 5.41) is 8.02. The average Bonchev–Trinajstić information content (AvgIpc) is 3.58. The number of nitrogens with one attached hydrogen (secondary N) is 1. The number of anilines is 2. The van der Waals surface area contributed by atoms with Crippen molar-refractivity contribution in [3.8, 4) is 17.0 Å². The van der Waals surface area contributed by atoms with E-state index < -0.39 is 0 Å². The zero-order valence-electron chi connectivity index (χ0n) is 20.3. The molecule has 1 N–H and O–H groups in total. The van der Waals surface area contributed by atoms with E-state index >= 15 is 0 Å². The van der Waals surface area contributed by atoms with Gasteiger partial charge in [-0.05, 0) is 25.0 Å². The molecule has 4 heterocycles. The van der Waals surface area contributed by atoms with E-state index in [4.69, 9.17) is 14.2 Å². The molecule has 0 radical (unpaired) electrons. The molecule has 0 spiro atoms. The fourth-order valence-electron chi connectivity index (χ4n) is 4.56. The molecule has 1 saturated heterocycles. The molecule has 0 aliphatic carbocycles. The number of piperidine rings is 1. The van der Waals surface area contributed by atoms with Crippen LogP contribution in [0.2, 0.25) is 0 Å². The van der Waals surface area contributed by atoms with Gasteiger partial charge in [0.1, 0.15) is 5.75 Å². The van der Waals surface area contributed by atoms with Crippen LogP contribution in [0.3, 0.4) is 0 Å². The van der Waals surface area contributed by atoms with Gasteiger partial charge >= 0.3 is 0 Å². The number of hydrogen-bond acceptors (Lipinski definition) is 8. The summed E-state index contributed by atoms with van der Waals surface area (Å²) in [6.07, 6.45) is 11.3. The van der Waals surface area contributed by atoms with Crippen molar-refractivity contribution in [2.24, 2.45) is 0 Å². The van der Waals surface area contributed by atoms with Crippen LogP contribution < -0.4 is 10.1 Å². The van der Waals surface area contributed by atoms with Gasteiger partial charge in [0, 0.05) is 59.4 Å². The Hall–Kier alpha value is -3.47. The number of ether oxygens (including phenoxy) is 3. The Bertz CT molecular complexity index is 1270. The third kappa shape index (κ3) is 5.00. The van der Waals surface area contributed by atoms with Crippen LogP contribution in [-0.2, 0) is 9.47 Å². The lowest BCUT2D eigenvalue weighted by atomic mass is 10.1. The number of rotatable bonds is 9. The quantitative estimate of drug-likeness (QED) is 0.362. The van der Waals surface area contributed by atoms with Crippen LogP contribution in [0, 0.1) is 0 Å². The molecular formula is C25H33N7O3. The van der Waals surface area contributed by atoms with Crippen molar-refractivity contribution < 1.29 is 15.6 Å². The number of hydrogen-bond donors (Lipinski definition) is 1. The Balaban J connectivity index is 0.00000304. The minimum Gasteiger partial charge on any atom is -0.497 e. The summed E-state index contributed by atoms with van der Waals surface area (Å²) in [4.78, 5) is 11.6. The average molecular weight is 480 g/mol. The molecule has 5 rings (SSSR count). The molecule has 3 aromatic heterocycles. The molecule has 10 nitrogen and oxygen atoms in total. The molecule has 0 amide bonds. The van der Waals surface area contributed by atoms with Gasteiger partial charge in [0.25, 0.3) is 0 Å². The standard InChI is InChI=1S/C25H31N7O3.H2/c1-33-21-6-4-5-18(13-21)22-15-27-24(25-26-9-12-31(22)25)29-19-14-28-32(16-19)20-7-10-30(11-8-20)17-23(34-2)35-3;/h4-6,9,12-16,20,23H,7-8,10-11,17H2,1-3H3,(H,27,29);1H. The van der Waals surface area contributed by atoms with Crippen LogP contribution >= 0.6 is 0 Å². The van der Waals surface area contributed by atoms with Gasteiger partial charge in [-0.1, -0.05) is 12.1 Å². The minimum atomic E-state index is -0.186. The molecule has 1 aromatic carbocycles. The van der Waals surface area contributed by atoms with E-state index in [1.54, 1.807) is 27.5 Å². The monoisotopic (exact) mass is 479 g/mol. The van der Waals surface area contributed by atoms with Crippen molar-refractivity contribution >= 4 is 17.2 Å².